The van der Waals surface area contributed by atoms with Gasteiger partial charge in [0.15, 0.2) is 0 Å². The van der Waals surface area contributed by atoms with Gasteiger partial charge in [-0.2, -0.15) is 0 Å². The monoisotopic (exact) mass is 376 g/mol. The van der Waals surface area contributed by atoms with Crippen molar-refractivity contribution in [1.82, 2.24) is 0 Å². The van der Waals surface area contributed by atoms with Gasteiger partial charge < -0.3 is 15.8 Å². The molecule has 0 aliphatic heterocycles. The number of halogens is 1. The van der Waals surface area contributed by atoms with Crippen LogP contribution in [0.5, 0.6) is 5.75 Å². The molecule has 6 heteroatoms. The Bertz CT molecular complexity index is 744. The average molecular weight is 377 g/mol. The summed E-state index contributed by atoms with van der Waals surface area (Å²) in [7, 11) is 0. The number of ether oxygens (including phenoxy) is 1. The third-order valence-corrected chi connectivity index (χ3v) is 3.58. The molecule has 2 aromatic rings. The van der Waals surface area contributed by atoms with Gasteiger partial charge in [-0.15, -0.1) is 0 Å². The maximum Gasteiger partial charge on any atom is 0.255 e. The summed E-state index contributed by atoms with van der Waals surface area (Å²) < 4.78 is 6.31. The molecule has 0 aliphatic carbocycles. The largest absolute Gasteiger partial charge is 0.490 e. The van der Waals surface area contributed by atoms with E-state index in [4.69, 9.17) is 10.5 Å². The number of carbonyl (C=O) groups is 2. The summed E-state index contributed by atoms with van der Waals surface area (Å²) in [6.45, 7) is 3.86. The second-order valence-electron chi connectivity index (χ2n) is 5.21. The highest BCUT2D eigenvalue weighted by Crippen LogP contribution is 2.27. The Morgan fingerprint density at radius 2 is 1.87 bits per heavy atom. The van der Waals surface area contributed by atoms with E-state index in [2.05, 4.69) is 21.2 Å². The lowest BCUT2D eigenvalue weighted by molar-refractivity contribution is 0.0996. The highest BCUT2D eigenvalue weighted by Gasteiger charge is 2.11. The van der Waals surface area contributed by atoms with Crippen molar-refractivity contribution < 1.29 is 14.3 Å². The van der Waals surface area contributed by atoms with Crippen molar-refractivity contribution in [3.63, 3.8) is 0 Å². The minimum absolute atomic E-state index is 0.0440. The zero-order chi connectivity index (χ0) is 17.0. The number of anilines is 1. The third kappa shape index (κ3) is 4.56. The fourth-order valence-electron chi connectivity index (χ4n) is 1.95. The number of nitrogens with two attached hydrogens (primary N) is 1. The van der Waals surface area contributed by atoms with Crippen molar-refractivity contribution in [1.29, 1.82) is 0 Å². The molecule has 120 valence electrons. The third-order valence-electron chi connectivity index (χ3n) is 2.96. The minimum Gasteiger partial charge on any atom is -0.490 e. The van der Waals surface area contributed by atoms with Gasteiger partial charge in [-0.05, 0) is 66.2 Å². The van der Waals surface area contributed by atoms with Crippen LogP contribution >= 0.6 is 15.9 Å². The van der Waals surface area contributed by atoms with E-state index < -0.39 is 5.91 Å². The van der Waals surface area contributed by atoms with Crippen LogP contribution in [0.15, 0.2) is 46.9 Å². The van der Waals surface area contributed by atoms with E-state index in [-0.39, 0.29) is 12.0 Å². The molecule has 0 heterocycles. The van der Waals surface area contributed by atoms with Crippen LogP contribution in [0.1, 0.15) is 34.6 Å². The molecule has 0 aromatic heterocycles. The quantitative estimate of drug-likeness (QED) is 0.836. The first kappa shape index (κ1) is 17.0. The second kappa shape index (κ2) is 7.28. The second-order valence-corrected chi connectivity index (χ2v) is 6.07. The zero-order valence-electron chi connectivity index (χ0n) is 12.8. The Labute approximate surface area is 143 Å². The van der Waals surface area contributed by atoms with Gasteiger partial charge in [0, 0.05) is 16.8 Å². The van der Waals surface area contributed by atoms with Crippen molar-refractivity contribution in [3.05, 3.63) is 58.1 Å². The number of nitrogens with one attached hydrogen (secondary N) is 1. The predicted octanol–water partition coefficient (Wildman–Crippen LogP) is 3.59. The fourth-order valence-corrected chi connectivity index (χ4v) is 2.42. The molecule has 23 heavy (non-hydrogen) atoms. The van der Waals surface area contributed by atoms with Crippen LogP contribution in [0.4, 0.5) is 5.69 Å². The van der Waals surface area contributed by atoms with Crippen molar-refractivity contribution >= 4 is 33.4 Å². The number of hydrogen-bond donors (Lipinski definition) is 2. The van der Waals surface area contributed by atoms with Crippen LogP contribution in [0.3, 0.4) is 0 Å². The maximum atomic E-state index is 12.3. The Morgan fingerprint density at radius 3 is 2.48 bits per heavy atom. The summed E-state index contributed by atoms with van der Waals surface area (Å²) in [5.41, 5.74) is 6.54. The summed E-state index contributed by atoms with van der Waals surface area (Å²) >= 11 is 3.39. The summed E-state index contributed by atoms with van der Waals surface area (Å²) in [6.07, 6.45) is 0.0440. The smallest absolute Gasteiger partial charge is 0.255 e. The van der Waals surface area contributed by atoms with Gasteiger partial charge in [0.25, 0.3) is 5.91 Å². The summed E-state index contributed by atoms with van der Waals surface area (Å²) in [4.78, 5) is 23.5. The summed E-state index contributed by atoms with van der Waals surface area (Å²) in [5, 5.41) is 2.73. The number of benzene rings is 2. The lowest BCUT2D eigenvalue weighted by Crippen LogP contribution is -2.14. The van der Waals surface area contributed by atoms with Crippen LogP contribution < -0.4 is 15.8 Å². The molecule has 0 atom stereocenters. The Morgan fingerprint density at radius 1 is 1.13 bits per heavy atom. The lowest BCUT2D eigenvalue weighted by Gasteiger charge is -2.12. The number of amides is 2. The van der Waals surface area contributed by atoms with Crippen molar-refractivity contribution in [2.45, 2.75) is 20.0 Å². The van der Waals surface area contributed by atoms with E-state index in [1.165, 1.54) is 6.07 Å². The summed E-state index contributed by atoms with van der Waals surface area (Å²) in [6, 6.07) is 11.6. The Kier molecular flexibility index (Phi) is 5.39. The first-order valence-electron chi connectivity index (χ1n) is 7.04. The highest BCUT2D eigenvalue weighted by atomic mass is 79.9. The van der Waals surface area contributed by atoms with Crippen LogP contribution in [0.25, 0.3) is 0 Å². The predicted molar refractivity (Wildman–Crippen MR) is 92.8 cm³/mol. The van der Waals surface area contributed by atoms with Gasteiger partial charge in [-0.1, -0.05) is 6.07 Å². The van der Waals surface area contributed by atoms with E-state index in [1.54, 1.807) is 36.4 Å². The molecule has 0 radical (unpaired) electrons. The lowest BCUT2D eigenvalue weighted by atomic mass is 10.1. The van der Waals surface area contributed by atoms with E-state index in [0.717, 1.165) is 0 Å². The van der Waals surface area contributed by atoms with Crippen molar-refractivity contribution in [2.75, 3.05) is 5.32 Å². The zero-order valence-corrected chi connectivity index (χ0v) is 14.4. The molecule has 0 saturated carbocycles. The number of rotatable bonds is 5. The van der Waals surface area contributed by atoms with Crippen LogP contribution in [0.2, 0.25) is 0 Å². The molecule has 5 nitrogen and oxygen atoms in total. The number of primary amides is 1. The van der Waals surface area contributed by atoms with Crippen LogP contribution in [-0.4, -0.2) is 17.9 Å². The minimum atomic E-state index is -0.543. The molecule has 0 unspecified atom stereocenters. The van der Waals surface area contributed by atoms with Gasteiger partial charge in [-0.3, -0.25) is 9.59 Å². The van der Waals surface area contributed by atoms with Crippen molar-refractivity contribution in [3.8, 4) is 5.75 Å². The molecule has 0 fully saturated rings. The van der Waals surface area contributed by atoms with Gasteiger partial charge >= 0.3 is 0 Å². The SMILES string of the molecule is CC(C)Oc1ccc(C(=O)Nc2cccc(C(N)=O)c2)cc1Br. The van der Waals surface area contributed by atoms with Crippen LogP contribution in [0, 0.1) is 0 Å². The molecular formula is C17H17BrN2O3. The molecule has 0 bridgehead atoms. The first-order valence-corrected chi connectivity index (χ1v) is 7.83. The number of hydrogen-bond acceptors (Lipinski definition) is 3. The highest BCUT2D eigenvalue weighted by molar-refractivity contribution is 9.10. The Balaban J connectivity index is 2.16. The van der Waals surface area contributed by atoms with Crippen LogP contribution in [-0.2, 0) is 0 Å². The molecule has 2 amide bonds. The summed E-state index contributed by atoms with van der Waals surface area (Å²) in [5.74, 6) is -0.158. The van der Waals surface area contributed by atoms with Crippen molar-refractivity contribution in [2.24, 2.45) is 5.73 Å². The Hall–Kier alpha value is -2.34. The van der Waals surface area contributed by atoms with E-state index >= 15 is 0 Å². The molecule has 2 aromatic carbocycles. The molecular weight excluding hydrogens is 360 g/mol. The topological polar surface area (TPSA) is 81.4 Å². The molecule has 0 spiro atoms. The van der Waals surface area contributed by atoms with E-state index in [0.29, 0.717) is 27.0 Å². The van der Waals surface area contributed by atoms with Gasteiger partial charge in [0.2, 0.25) is 5.91 Å². The van der Waals surface area contributed by atoms with E-state index in [9.17, 15) is 9.59 Å². The molecule has 2 rings (SSSR count). The van der Waals surface area contributed by atoms with Gasteiger partial charge in [0.05, 0.1) is 10.6 Å². The standard InChI is InChI=1S/C17H17BrN2O3/c1-10(2)23-15-7-6-12(9-14(15)18)17(22)20-13-5-3-4-11(8-13)16(19)21/h3-10H,1-2H3,(H2,19,21)(H,20,22). The van der Waals surface area contributed by atoms with Gasteiger partial charge in [0.1, 0.15) is 5.75 Å². The average Bonchev–Trinajstić information content (AvgIpc) is 2.49. The normalized spacial score (nSPS) is 10.4. The fraction of sp³-hybridized carbons (Fsp3) is 0.176. The molecule has 0 saturated heterocycles. The van der Waals surface area contributed by atoms with E-state index in [1.807, 2.05) is 13.8 Å². The first-order chi connectivity index (χ1) is 10.9. The molecule has 0 aliphatic rings. The number of carbonyl (C=O) groups excluding carboxylic acids is 2. The maximum absolute atomic E-state index is 12.3. The molecule has 3 N–H and O–H groups in total. The van der Waals surface area contributed by atoms with Gasteiger partial charge in [-0.25, -0.2) is 0 Å².